The first kappa shape index (κ1) is 35.3. The number of benzene rings is 1. The van der Waals surface area contributed by atoms with Crippen LogP contribution in [0.25, 0.3) is 21.3 Å². The molecule has 2 fully saturated rings. The second-order valence-electron chi connectivity index (χ2n) is 13.7. The molecule has 4 aromatic rings. The van der Waals surface area contributed by atoms with Gasteiger partial charge < -0.3 is 24.4 Å². The highest BCUT2D eigenvalue weighted by Crippen LogP contribution is 2.32. The maximum absolute atomic E-state index is 12.6. The van der Waals surface area contributed by atoms with Gasteiger partial charge in [0.1, 0.15) is 11.7 Å². The van der Waals surface area contributed by atoms with Crippen LogP contribution in [-0.2, 0) is 14.3 Å². The van der Waals surface area contributed by atoms with Gasteiger partial charge in [0.2, 0.25) is 5.95 Å². The van der Waals surface area contributed by atoms with E-state index in [1.54, 1.807) is 23.7 Å². The molecule has 0 spiro atoms. The van der Waals surface area contributed by atoms with E-state index in [2.05, 4.69) is 41.5 Å². The van der Waals surface area contributed by atoms with Crippen LogP contribution in [0.3, 0.4) is 0 Å². The minimum absolute atomic E-state index is 0.00608. The summed E-state index contributed by atoms with van der Waals surface area (Å²) in [6.07, 6.45) is 9.87. The molecule has 0 unspecified atom stereocenters. The second-order valence-corrected chi connectivity index (χ2v) is 14.7. The predicted octanol–water partition coefficient (Wildman–Crippen LogP) is 6.29. The molecule has 0 atom stereocenters. The van der Waals surface area contributed by atoms with E-state index < -0.39 is 17.7 Å². The van der Waals surface area contributed by atoms with Crippen LogP contribution in [-0.4, -0.2) is 94.5 Å². The van der Waals surface area contributed by atoms with Gasteiger partial charge in [0.15, 0.2) is 17.5 Å². The summed E-state index contributed by atoms with van der Waals surface area (Å²) >= 11 is 1.62. The highest BCUT2D eigenvalue weighted by atomic mass is 32.1. The number of nitrogens with zero attached hydrogens (tertiary/aromatic N) is 6. The smallest absolute Gasteiger partial charge is 0.411 e. The summed E-state index contributed by atoms with van der Waals surface area (Å²) in [4.78, 5) is 47.3. The topological polar surface area (TPSA) is 144 Å². The van der Waals surface area contributed by atoms with Crippen molar-refractivity contribution >= 4 is 50.4 Å². The van der Waals surface area contributed by atoms with Crippen molar-refractivity contribution in [2.45, 2.75) is 71.5 Å². The number of aryl methyl sites for hydroxylation is 1. The van der Waals surface area contributed by atoms with Gasteiger partial charge in [-0.25, -0.2) is 24.5 Å². The van der Waals surface area contributed by atoms with Crippen molar-refractivity contribution < 1.29 is 23.8 Å². The maximum atomic E-state index is 12.6. The molecule has 1 saturated heterocycles. The Balaban J connectivity index is 0.954. The van der Waals surface area contributed by atoms with Crippen molar-refractivity contribution in [2.75, 3.05) is 61.4 Å². The monoisotopic (exact) mass is 702 g/mol. The van der Waals surface area contributed by atoms with Crippen molar-refractivity contribution in [1.29, 1.82) is 0 Å². The first-order valence-electron chi connectivity index (χ1n) is 17.3. The Labute approximate surface area is 296 Å². The number of ether oxygens (including phenoxy) is 3. The lowest BCUT2D eigenvalue weighted by atomic mass is 9.98. The van der Waals surface area contributed by atoms with Crippen molar-refractivity contribution in [3.8, 4) is 16.9 Å². The lowest BCUT2D eigenvalue weighted by molar-refractivity contribution is -0.157. The Morgan fingerprint density at radius 3 is 2.46 bits per heavy atom. The van der Waals surface area contributed by atoms with Gasteiger partial charge in [-0.2, -0.15) is 0 Å². The quantitative estimate of drug-likeness (QED) is 0.170. The zero-order chi connectivity index (χ0) is 35.1. The number of aromatic nitrogens is 4. The van der Waals surface area contributed by atoms with Crippen LogP contribution in [0.1, 0.15) is 58.6 Å². The van der Waals surface area contributed by atoms with Crippen LogP contribution in [0.2, 0.25) is 0 Å². The minimum Gasteiger partial charge on any atom is -0.479 e. The summed E-state index contributed by atoms with van der Waals surface area (Å²) in [5, 5.41) is 7.29. The minimum atomic E-state index is -0.557. The SMILES string of the molecule is Cc1ncc(-c2ccc3nc(NCCN4CCN(c5ncc(OCC(=O)OC(C)(C)C)cn5)CC4)sc3c2)cc1NC(=O)OC1CCCCC1. The van der Waals surface area contributed by atoms with Gasteiger partial charge in [0, 0.05) is 51.0 Å². The average molecular weight is 703 g/mol. The lowest BCUT2D eigenvalue weighted by Gasteiger charge is -2.34. The van der Waals surface area contributed by atoms with Crippen molar-refractivity contribution in [3.63, 3.8) is 0 Å². The van der Waals surface area contributed by atoms with E-state index in [0.29, 0.717) is 17.4 Å². The van der Waals surface area contributed by atoms with E-state index in [1.165, 1.54) is 6.42 Å². The van der Waals surface area contributed by atoms with Gasteiger partial charge in [-0.15, -0.1) is 0 Å². The van der Waals surface area contributed by atoms with Gasteiger partial charge in [-0.3, -0.25) is 15.2 Å². The third-order valence-electron chi connectivity index (χ3n) is 8.62. The third-order valence-corrected chi connectivity index (χ3v) is 9.60. The molecule has 1 saturated carbocycles. The second kappa shape index (κ2) is 16.0. The Kier molecular flexibility index (Phi) is 11.3. The fourth-order valence-corrected chi connectivity index (χ4v) is 6.95. The first-order chi connectivity index (χ1) is 24.1. The molecule has 3 aromatic heterocycles. The normalized spacial score (nSPS) is 15.9. The lowest BCUT2D eigenvalue weighted by Crippen LogP contribution is -2.48. The van der Waals surface area contributed by atoms with Gasteiger partial charge in [0.05, 0.1) is 34.0 Å². The van der Waals surface area contributed by atoms with E-state index in [-0.39, 0.29) is 12.7 Å². The third kappa shape index (κ3) is 9.78. The Morgan fingerprint density at radius 1 is 0.960 bits per heavy atom. The molecule has 0 radical (unpaired) electrons. The number of hydrogen-bond donors (Lipinski definition) is 2. The van der Waals surface area contributed by atoms with Crippen LogP contribution in [0, 0.1) is 6.92 Å². The van der Waals surface area contributed by atoms with Gasteiger partial charge in [-0.1, -0.05) is 23.8 Å². The number of amides is 1. The van der Waals surface area contributed by atoms with Crippen LogP contribution in [0.4, 0.5) is 21.6 Å². The van der Waals surface area contributed by atoms with Crippen molar-refractivity contribution in [3.05, 3.63) is 48.5 Å². The number of thiazole rings is 1. The van der Waals surface area contributed by atoms with E-state index in [4.69, 9.17) is 19.2 Å². The van der Waals surface area contributed by atoms with E-state index in [9.17, 15) is 9.59 Å². The summed E-state index contributed by atoms with van der Waals surface area (Å²) in [6.45, 7) is 12.2. The number of hydrogen-bond acceptors (Lipinski definition) is 13. The zero-order valence-corrected chi connectivity index (χ0v) is 30.1. The molecule has 6 rings (SSSR count). The number of nitrogens with one attached hydrogen (secondary N) is 2. The molecule has 266 valence electrons. The van der Waals surface area contributed by atoms with Gasteiger partial charge in [0.25, 0.3) is 0 Å². The number of carbonyl (C=O) groups excluding carboxylic acids is 2. The summed E-state index contributed by atoms with van der Waals surface area (Å²) < 4.78 is 17.5. The number of rotatable bonds is 11. The molecule has 1 amide bonds. The number of esters is 1. The van der Waals surface area contributed by atoms with Crippen LogP contribution in [0.5, 0.6) is 5.75 Å². The van der Waals surface area contributed by atoms with E-state index in [0.717, 1.165) is 97.1 Å². The molecule has 14 heteroatoms. The number of pyridine rings is 1. The highest BCUT2D eigenvalue weighted by Gasteiger charge is 2.21. The fourth-order valence-electron chi connectivity index (χ4n) is 6.02. The highest BCUT2D eigenvalue weighted by molar-refractivity contribution is 7.22. The molecule has 1 aliphatic heterocycles. The molecule has 4 heterocycles. The van der Waals surface area contributed by atoms with Crippen molar-refractivity contribution in [1.82, 2.24) is 24.8 Å². The van der Waals surface area contributed by atoms with E-state index >= 15 is 0 Å². The molecule has 50 heavy (non-hydrogen) atoms. The molecule has 2 aliphatic rings. The van der Waals surface area contributed by atoms with Crippen LogP contribution in [0.15, 0.2) is 42.9 Å². The molecular formula is C36H46N8O5S. The molecule has 13 nitrogen and oxygen atoms in total. The Bertz CT molecular complexity index is 1760. The molecule has 2 N–H and O–H groups in total. The number of piperazine rings is 1. The summed E-state index contributed by atoms with van der Waals surface area (Å²) in [7, 11) is 0. The van der Waals surface area contributed by atoms with E-state index in [1.807, 2.05) is 52.1 Å². The number of anilines is 3. The largest absolute Gasteiger partial charge is 0.479 e. The summed E-state index contributed by atoms with van der Waals surface area (Å²) in [5.41, 5.74) is 3.70. The number of carbonyl (C=O) groups is 2. The maximum Gasteiger partial charge on any atom is 0.411 e. The molecule has 1 aliphatic carbocycles. The van der Waals surface area contributed by atoms with Crippen LogP contribution < -0.4 is 20.3 Å². The summed E-state index contributed by atoms with van der Waals surface area (Å²) in [6, 6.07) is 8.14. The first-order valence-corrected chi connectivity index (χ1v) is 18.1. The van der Waals surface area contributed by atoms with Crippen LogP contribution >= 0.6 is 11.3 Å². The summed E-state index contributed by atoms with van der Waals surface area (Å²) in [5.74, 6) is 0.642. The molecule has 0 bridgehead atoms. The fraction of sp³-hybridized carbons (Fsp3) is 0.500. The Morgan fingerprint density at radius 2 is 1.72 bits per heavy atom. The average Bonchev–Trinajstić information content (AvgIpc) is 3.51. The molecular weight excluding hydrogens is 657 g/mol. The van der Waals surface area contributed by atoms with Crippen molar-refractivity contribution in [2.24, 2.45) is 0 Å². The number of fused-ring (bicyclic) bond motifs is 1. The molecule has 1 aromatic carbocycles. The van der Waals surface area contributed by atoms with Gasteiger partial charge in [-0.05, 0) is 77.1 Å². The Hall–Kier alpha value is -4.56. The predicted molar refractivity (Wildman–Crippen MR) is 195 cm³/mol. The zero-order valence-electron chi connectivity index (χ0n) is 29.2. The van der Waals surface area contributed by atoms with Gasteiger partial charge >= 0.3 is 12.1 Å². The standard InChI is InChI=1S/C36H46N8O5S/c1-24-30(42-35(46)48-27-8-6-5-7-9-27)18-26(20-38-24)25-10-11-29-31(19-25)50-34(41-29)37-12-13-43-14-16-44(17-15-43)33-39-21-28(22-40-33)47-23-32(45)49-36(2,3)4/h10-11,18-22,27H,5-9,12-17,23H2,1-4H3,(H,37,41)(H,42,46).